The highest BCUT2D eigenvalue weighted by atomic mass is 16.3. The molecule has 0 radical (unpaired) electrons. The number of hydrogen-bond acceptors (Lipinski definition) is 1. The third-order valence-electron chi connectivity index (χ3n) is 4.74. The van der Waals surface area contributed by atoms with E-state index in [-0.39, 0.29) is 11.5 Å². The molecule has 1 unspecified atom stereocenters. The summed E-state index contributed by atoms with van der Waals surface area (Å²) in [7, 11) is 0. The van der Waals surface area contributed by atoms with Gasteiger partial charge in [-0.05, 0) is 42.9 Å². The Balaban J connectivity index is 2.78. The largest absolute Gasteiger partial charge is 0.393 e. The van der Waals surface area contributed by atoms with Gasteiger partial charge in [-0.25, -0.2) is 0 Å². The van der Waals surface area contributed by atoms with Gasteiger partial charge in [-0.15, -0.1) is 6.58 Å². The third-order valence-corrected chi connectivity index (χ3v) is 4.74. The van der Waals surface area contributed by atoms with Crippen molar-refractivity contribution in [1.29, 1.82) is 0 Å². The molecule has 0 spiro atoms. The van der Waals surface area contributed by atoms with E-state index in [0.717, 1.165) is 12.8 Å². The lowest BCUT2D eigenvalue weighted by atomic mass is 9.64. The maximum absolute atomic E-state index is 10.4. The fraction of sp³-hybridized carbons (Fsp3) is 0.875. The van der Waals surface area contributed by atoms with E-state index in [1.165, 1.54) is 32.1 Å². The highest BCUT2D eigenvalue weighted by molar-refractivity contribution is 4.94. The van der Waals surface area contributed by atoms with Gasteiger partial charge in [0, 0.05) is 0 Å². The van der Waals surface area contributed by atoms with Gasteiger partial charge in [0.1, 0.15) is 0 Å². The normalized spacial score (nSPS) is 23.4. The smallest absolute Gasteiger partial charge is 0.0594 e. The second kappa shape index (κ2) is 6.58. The summed E-state index contributed by atoms with van der Waals surface area (Å²) in [5.74, 6) is 1.18. The van der Waals surface area contributed by atoms with Crippen molar-refractivity contribution in [1.82, 2.24) is 0 Å². The molecule has 1 saturated carbocycles. The van der Waals surface area contributed by atoms with Crippen molar-refractivity contribution < 1.29 is 5.11 Å². The minimum Gasteiger partial charge on any atom is -0.393 e. The maximum atomic E-state index is 10.4. The van der Waals surface area contributed by atoms with Gasteiger partial charge in [-0.1, -0.05) is 46.1 Å². The first kappa shape index (κ1) is 14.8. The van der Waals surface area contributed by atoms with Gasteiger partial charge in [-0.2, -0.15) is 0 Å². The fourth-order valence-corrected chi connectivity index (χ4v) is 3.42. The van der Waals surface area contributed by atoms with Crippen LogP contribution in [-0.2, 0) is 0 Å². The van der Waals surface area contributed by atoms with Crippen LogP contribution >= 0.6 is 0 Å². The van der Waals surface area contributed by atoms with Crippen LogP contribution in [0.1, 0.15) is 65.7 Å². The van der Waals surface area contributed by atoms with Crippen molar-refractivity contribution in [2.45, 2.75) is 71.8 Å². The minimum atomic E-state index is -0.121. The molecule has 0 aromatic carbocycles. The highest BCUT2D eigenvalue weighted by Crippen LogP contribution is 2.46. The average molecular weight is 238 g/mol. The van der Waals surface area contributed by atoms with Crippen LogP contribution in [0.2, 0.25) is 0 Å². The Bertz CT molecular complexity index is 226. The highest BCUT2D eigenvalue weighted by Gasteiger charge is 2.39. The number of hydrogen-bond donors (Lipinski definition) is 1. The van der Waals surface area contributed by atoms with E-state index < -0.39 is 0 Å². The van der Waals surface area contributed by atoms with E-state index in [0.29, 0.717) is 11.8 Å². The minimum absolute atomic E-state index is 0.121. The molecule has 100 valence electrons. The van der Waals surface area contributed by atoms with Crippen LogP contribution in [-0.4, -0.2) is 11.2 Å². The quantitative estimate of drug-likeness (QED) is 0.673. The van der Waals surface area contributed by atoms with Gasteiger partial charge >= 0.3 is 0 Å². The van der Waals surface area contributed by atoms with Gasteiger partial charge in [0.2, 0.25) is 0 Å². The van der Waals surface area contributed by atoms with Crippen molar-refractivity contribution >= 4 is 0 Å². The van der Waals surface area contributed by atoms with Crippen LogP contribution in [0.5, 0.6) is 0 Å². The lowest BCUT2D eigenvalue weighted by Gasteiger charge is -2.43. The topological polar surface area (TPSA) is 20.2 Å². The molecule has 0 bridgehead atoms. The van der Waals surface area contributed by atoms with Crippen LogP contribution < -0.4 is 0 Å². The number of aliphatic hydroxyl groups is 1. The van der Waals surface area contributed by atoms with Crippen LogP contribution in [0, 0.1) is 17.3 Å². The molecule has 0 aromatic rings. The van der Waals surface area contributed by atoms with Crippen molar-refractivity contribution in [3.8, 4) is 0 Å². The number of aliphatic hydroxyl groups excluding tert-OH is 1. The zero-order chi connectivity index (χ0) is 12.9. The molecule has 0 aliphatic heterocycles. The summed E-state index contributed by atoms with van der Waals surface area (Å²) >= 11 is 0. The molecule has 1 heteroatoms. The Morgan fingerprint density at radius 1 is 1.24 bits per heavy atom. The lowest BCUT2D eigenvalue weighted by molar-refractivity contribution is -0.0233. The molecular formula is C16H30O. The number of rotatable bonds is 6. The van der Waals surface area contributed by atoms with Crippen LogP contribution in [0.25, 0.3) is 0 Å². The molecule has 1 fully saturated rings. The Labute approximate surface area is 107 Å². The zero-order valence-electron chi connectivity index (χ0n) is 11.9. The summed E-state index contributed by atoms with van der Waals surface area (Å²) in [6, 6.07) is 0. The second-order valence-corrected chi connectivity index (χ2v) is 6.19. The van der Waals surface area contributed by atoms with Gasteiger partial charge < -0.3 is 5.11 Å². The van der Waals surface area contributed by atoms with Crippen molar-refractivity contribution in [3.63, 3.8) is 0 Å². The monoisotopic (exact) mass is 238 g/mol. The molecule has 1 rings (SSSR count). The van der Waals surface area contributed by atoms with Crippen LogP contribution in [0.4, 0.5) is 0 Å². The molecule has 0 amide bonds. The SMILES string of the molecule is C=C[C@@H](CC1(C(O)CC)CCCCC1)C(C)C. The second-order valence-electron chi connectivity index (χ2n) is 6.19. The molecule has 0 saturated heterocycles. The predicted molar refractivity (Wildman–Crippen MR) is 75.0 cm³/mol. The molecule has 2 atom stereocenters. The van der Waals surface area contributed by atoms with Gasteiger partial charge in [-0.3, -0.25) is 0 Å². The Morgan fingerprint density at radius 2 is 1.82 bits per heavy atom. The van der Waals surface area contributed by atoms with E-state index in [2.05, 4.69) is 33.4 Å². The summed E-state index contributed by atoms with van der Waals surface area (Å²) in [5.41, 5.74) is 0.177. The van der Waals surface area contributed by atoms with E-state index in [9.17, 15) is 5.11 Å². The van der Waals surface area contributed by atoms with Crippen LogP contribution in [0.15, 0.2) is 12.7 Å². The summed E-state index contributed by atoms with van der Waals surface area (Å²) in [6.07, 6.45) is 10.3. The summed E-state index contributed by atoms with van der Waals surface area (Å²) in [4.78, 5) is 0. The van der Waals surface area contributed by atoms with Crippen molar-refractivity contribution in [2.75, 3.05) is 0 Å². The molecule has 1 N–H and O–H groups in total. The maximum Gasteiger partial charge on any atom is 0.0594 e. The molecule has 17 heavy (non-hydrogen) atoms. The van der Waals surface area contributed by atoms with Crippen molar-refractivity contribution in [3.05, 3.63) is 12.7 Å². The molecule has 1 nitrogen and oxygen atoms in total. The first-order valence-electron chi connectivity index (χ1n) is 7.36. The zero-order valence-corrected chi connectivity index (χ0v) is 11.9. The van der Waals surface area contributed by atoms with E-state index in [1.807, 2.05) is 0 Å². The fourth-order valence-electron chi connectivity index (χ4n) is 3.42. The first-order valence-corrected chi connectivity index (χ1v) is 7.36. The summed E-state index contributed by atoms with van der Waals surface area (Å²) in [5, 5.41) is 10.4. The Kier molecular flexibility index (Phi) is 5.72. The van der Waals surface area contributed by atoms with E-state index >= 15 is 0 Å². The van der Waals surface area contributed by atoms with Crippen LogP contribution in [0.3, 0.4) is 0 Å². The molecular weight excluding hydrogens is 208 g/mol. The number of allylic oxidation sites excluding steroid dienone is 1. The molecule has 0 heterocycles. The standard InChI is InChI=1S/C16H30O/c1-5-14(13(3)4)12-16(15(17)6-2)10-8-7-9-11-16/h5,13-15,17H,1,6-12H2,2-4H3/t14-,15?/m0/s1. The van der Waals surface area contributed by atoms with Gasteiger partial charge in [0.05, 0.1) is 6.10 Å². The van der Waals surface area contributed by atoms with Crippen molar-refractivity contribution in [2.24, 2.45) is 17.3 Å². The first-order chi connectivity index (χ1) is 8.05. The van der Waals surface area contributed by atoms with E-state index in [4.69, 9.17) is 0 Å². The molecule has 1 aliphatic carbocycles. The Hall–Kier alpha value is -0.300. The van der Waals surface area contributed by atoms with Gasteiger partial charge in [0.25, 0.3) is 0 Å². The van der Waals surface area contributed by atoms with E-state index in [1.54, 1.807) is 0 Å². The Morgan fingerprint density at radius 3 is 2.24 bits per heavy atom. The average Bonchev–Trinajstić information content (AvgIpc) is 2.35. The lowest BCUT2D eigenvalue weighted by Crippen LogP contribution is -2.39. The molecule has 0 aromatic heterocycles. The summed E-state index contributed by atoms with van der Waals surface area (Å²) < 4.78 is 0. The predicted octanol–water partition coefficient (Wildman–Crippen LogP) is 4.56. The molecule has 1 aliphatic rings. The summed E-state index contributed by atoms with van der Waals surface area (Å²) in [6.45, 7) is 10.6. The van der Waals surface area contributed by atoms with Gasteiger partial charge in [0.15, 0.2) is 0 Å². The third kappa shape index (κ3) is 3.58.